The molecule has 0 N–H and O–H groups in total. The summed E-state index contributed by atoms with van der Waals surface area (Å²) in [6, 6.07) is 1.98. The molecule has 5 rings (SSSR count). The normalized spacial score (nSPS) is 16.4. The molecule has 0 spiro atoms. The van der Waals surface area contributed by atoms with Gasteiger partial charge in [0, 0.05) is 47.8 Å². The van der Waals surface area contributed by atoms with Crippen molar-refractivity contribution in [3.05, 3.63) is 42.3 Å². The van der Waals surface area contributed by atoms with E-state index in [1.807, 2.05) is 30.7 Å². The van der Waals surface area contributed by atoms with Crippen molar-refractivity contribution < 1.29 is 17.7 Å². The Morgan fingerprint density at radius 1 is 1.09 bits per heavy atom. The largest absolute Gasteiger partial charge is 0.361 e. The molecule has 0 radical (unpaired) electrons. The van der Waals surface area contributed by atoms with E-state index in [1.54, 1.807) is 18.6 Å². The van der Waals surface area contributed by atoms with Crippen LogP contribution >= 0.6 is 0 Å². The molecular formula is C25H28F3N5O. The Kier molecular flexibility index (Phi) is 5.53. The maximum absolute atomic E-state index is 15.7. The first-order chi connectivity index (χ1) is 16.1. The van der Waals surface area contributed by atoms with Gasteiger partial charge in [-0.25, -0.2) is 13.2 Å². The van der Waals surface area contributed by atoms with E-state index in [1.165, 1.54) is 4.68 Å². The Hall–Kier alpha value is -3.10. The van der Waals surface area contributed by atoms with Crippen LogP contribution < -0.4 is 0 Å². The number of nitrogens with zero attached hydrogens (tertiary/aromatic N) is 5. The summed E-state index contributed by atoms with van der Waals surface area (Å²) in [6.07, 6.45) is 10.6. The molecule has 4 aromatic heterocycles. The molecule has 0 amide bonds. The highest BCUT2D eigenvalue weighted by molar-refractivity contribution is 5.94. The molecule has 0 saturated heterocycles. The Balaban J connectivity index is 1.62. The third-order valence-corrected chi connectivity index (χ3v) is 6.63. The predicted molar refractivity (Wildman–Crippen MR) is 123 cm³/mol. The molecule has 4 heterocycles. The number of alkyl halides is 3. The Labute approximate surface area is 195 Å². The average Bonchev–Trinajstić information content (AvgIpc) is 3.45. The van der Waals surface area contributed by atoms with Gasteiger partial charge in [-0.15, -0.1) is 0 Å². The van der Waals surface area contributed by atoms with Crippen LogP contribution in [0.3, 0.4) is 0 Å². The van der Waals surface area contributed by atoms with Crippen molar-refractivity contribution in [3.8, 4) is 22.3 Å². The lowest BCUT2D eigenvalue weighted by Gasteiger charge is -2.30. The molecule has 0 aliphatic heterocycles. The number of fused-ring (bicyclic) bond motifs is 1. The molecule has 9 heteroatoms. The number of hydrogen-bond donors (Lipinski definition) is 0. The summed E-state index contributed by atoms with van der Waals surface area (Å²) in [4.78, 5) is 4.72. The van der Waals surface area contributed by atoms with Crippen molar-refractivity contribution in [1.29, 1.82) is 0 Å². The van der Waals surface area contributed by atoms with Crippen LogP contribution in [-0.2, 0) is 13.1 Å². The Morgan fingerprint density at radius 3 is 2.53 bits per heavy atom. The number of hydrogen-bond acceptors (Lipinski definition) is 4. The highest BCUT2D eigenvalue weighted by Gasteiger charge is 2.33. The van der Waals surface area contributed by atoms with Gasteiger partial charge < -0.3 is 9.09 Å². The van der Waals surface area contributed by atoms with Gasteiger partial charge in [0.05, 0.1) is 29.5 Å². The van der Waals surface area contributed by atoms with E-state index in [0.29, 0.717) is 29.7 Å². The second-order valence-corrected chi connectivity index (χ2v) is 9.67. The lowest BCUT2D eigenvalue weighted by molar-refractivity contribution is 0.000600. The van der Waals surface area contributed by atoms with Crippen LogP contribution in [0.2, 0.25) is 0 Å². The zero-order chi connectivity index (χ0) is 24.1. The van der Waals surface area contributed by atoms with E-state index in [-0.39, 0.29) is 6.54 Å². The first-order valence-electron chi connectivity index (χ1n) is 11.6. The van der Waals surface area contributed by atoms with Gasteiger partial charge in [-0.05, 0) is 32.8 Å². The van der Waals surface area contributed by atoms with Crippen LogP contribution in [0.5, 0.6) is 0 Å². The number of aromatic nitrogens is 5. The van der Waals surface area contributed by atoms with Crippen LogP contribution in [-0.4, -0.2) is 36.1 Å². The number of rotatable bonds is 6. The second-order valence-electron chi connectivity index (χ2n) is 9.67. The zero-order valence-electron chi connectivity index (χ0n) is 19.6. The zero-order valence-corrected chi connectivity index (χ0v) is 19.6. The van der Waals surface area contributed by atoms with Gasteiger partial charge in [0.1, 0.15) is 18.0 Å². The fraction of sp³-hybridized carbons (Fsp3) is 0.480. The molecule has 34 heavy (non-hydrogen) atoms. The first kappa shape index (κ1) is 22.7. The highest BCUT2D eigenvalue weighted by atomic mass is 19.3. The number of aryl methyl sites for hydroxylation is 2. The Bertz CT molecular complexity index is 1300. The van der Waals surface area contributed by atoms with Crippen molar-refractivity contribution in [2.24, 2.45) is 0 Å². The predicted octanol–water partition coefficient (Wildman–Crippen LogP) is 6.50. The summed E-state index contributed by atoms with van der Waals surface area (Å²) in [6.45, 7) is 4.29. The van der Waals surface area contributed by atoms with Crippen molar-refractivity contribution >= 4 is 11.0 Å². The average molecular weight is 472 g/mol. The molecule has 1 fully saturated rings. The van der Waals surface area contributed by atoms with Crippen molar-refractivity contribution in [3.63, 3.8) is 0 Å². The molecule has 6 nitrogen and oxygen atoms in total. The van der Waals surface area contributed by atoms with Crippen LogP contribution in [0.4, 0.5) is 13.2 Å². The van der Waals surface area contributed by atoms with Gasteiger partial charge in [-0.2, -0.15) is 5.10 Å². The minimum atomic E-state index is -2.87. The van der Waals surface area contributed by atoms with E-state index < -0.39 is 18.1 Å². The second kappa shape index (κ2) is 8.29. The van der Waals surface area contributed by atoms with Crippen molar-refractivity contribution in [2.45, 2.75) is 77.6 Å². The summed E-state index contributed by atoms with van der Waals surface area (Å²) in [5, 5.41) is 8.15. The quantitative estimate of drug-likeness (QED) is 0.322. The lowest BCUT2D eigenvalue weighted by atomic mass is 9.86. The highest BCUT2D eigenvalue weighted by Crippen LogP contribution is 2.38. The molecule has 0 bridgehead atoms. The Morgan fingerprint density at radius 2 is 1.85 bits per heavy atom. The molecule has 0 atom stereocenters. The fourth-order valence-corrected chi connectivity index (χ4v) is 5.06. The number of halogens is 3. The fourth-order valence-electron chi connectivity index (χ4n) is 5.06. The maximum atomic E-state index is 15.7. The summed E-state index contributed by atoms with van der Waals surface area (Å²) in [5.74, 6) is -2.19. The topological polar surface area (TPSA) is 61.7 Å². The monoisotopic (exact) mass is 471 g/mol. The minimum absolute atomic E-state index is 0.220. The SMILES string of the molecule is Cc1noc(C)c1-c1cnc2c(-c3cnn(CC(C)(F)F)c3)cn(CC3(F)CCCCC3)c2c1. The molecule has 1 saturated carbocycles. The maximum Gasteiger partial charge on any atom is 0.264 e. The van der Waals surface area contributed by atoms with Crippen LogP contribution in [0, 0.1) is 13.8 Å². The van der Waals surface area contributed by atoms with Gasteiger partial charge >= 0.3 is 0 Å². The van der Waals surface area contributed by atoms with E-state index in [2.05, 4.69) is 10.3 Å². The minimum Gasteiger partial charge on any atom is -0.361 e. The van der Waals surface area contributed by atoms with Gasteiger partial charge in [-0.3, -0.25) is 9.67 Å². The molecular weight excluding hydrogens is 443 g/mol. The van der Waals surface area contributed by atoms with Gasteiger partial charge in [-0.1, -0.05) is 24.4 Å². The summed E-state index contributed by atoms with van der Waals surface area (Å²) in [5.41, 5.74) is 4.05. The van der Waals surface area contributed by atoms with Crippen molar-refractivity contribution in [1.82, 2.24) is 24.5 Å². The number of pyridine rings is 1. The van der Waals surface area contributed by atoms with E-state index in [0.717, 1.165) is 54.1 Å². The van der Waals surface area contributed by atoms with E-state index in [9.17, 15) is 8.78 Å². The first-order valence-corrected chi connectivity index (χ1v) is 11.6. The van der Waals surface area contributed by atoms with Crippen LogP contribution in [0.1, 0.15) is 50.5 Å². The van der Waals surface area contributed by atoms with Gasteiger partial charge in [0.25, 0.3) is 5.92 Å². The molecule has 180 valence electrons. The van der Waals surface area contributed by atoms with Crippen LogP contribution in [0.15, 0.2) is 35.4 Å². The smallest absolute Gasteiger partial charge is 0.264 e. The molecule has 0 unspecified atom stereocenters. The van der Waals surface area contributed by atoms with Crippen molar-refractivity contribution in [2.75, 3.05) is 0 Å². The van der Waals surface area contributed by atoms with Gasteiger partial charge in [0.15, 0.2) is 0 Å². The summed E-state index contributed by atoms with van der Waals surface area (Å²) in [7, 11) is 0. The van der Waals surface area contributed by atoms with E-state index in [4.69, 9.17) is 9.51 Å². The van der Waals surface area contributed by atoms with E-state index >= 15 is 4.39 Å². The third-order valence-electron chi connectivity index (χ3n) is 6.63. The van der Waals surface area contributed by atoms with Crippen LogP contribution in [0.25, 0.3) is 33.3 Å². The molecule has 4 aromatic rings. The summed E-state index contributed by atoms with van der Waals surface area (Å²) < 4.78 is 51.2. The van der Waals surface area contributed by atoms with Gasteiger partial charge in [0.2, 0.25) is 0 Å². The molecule has 1 aliphatic rings. The third kappa shape index (κ3) is 4.35. The standard InChI is InChI=1S/C25H28F3N5O/c1-16-22(17(2)34-31-16)18-9-21-23(29-10-18)20(19-11-30-33(12-19)14-24(3,26)27)13-32(21)15-25(28)7-5-4-6-8-25/h9-13H,4-8,14-15H2,1-3H3. The lowest BCUT2D eigenvalue weighted by Crippen LogP contribution is -2.31. The molecule has 1 aliphatic carbocycles. The summed E-state index contributed by atoms with van der Waals surface area (Å²) >= 11 is 0. The molecule has 0 aromatic carbocycles.